The Morgan fingerprint density at radius 1 is 0.857 bits per heavy atom. The summed E-state index contributed by atoms with van der Waals surface area (Å²) in [6, 6.07) is 31.0. The average molecular weight is 573 g/mol. The lowest BCUT2D eigenvalue weighted by molar-refractivity contribution is 0.482. The van der Waals surface area contributed by atoms with Crippen LogP contribution in [0.15, 0.2) is 97.2 Å². The molecule has 1 saturated heterocycles. The third-order valence-corrected chi connectivity index (χ3v) is 8.50. The molecule has 1 fully saturated rings. The number of aryl methyl sites for hydroxylation is 4. The highest BCUT2D eigenvalue weighted by molar-refractivity contribution is 7.80. The molecule has 42 heavy (non-hydrogen) atoms. The summed E-state index contributed by atoms with van der Waals surface area (Å²) in [5, 5.41) is 4.29. The summed E-state index contributed by atoms with van der Waals surface area (Å²) in [4.78, 5) is 6.98. The maximum atomic E-state index is 6.12. The first-order valence-electron chi connectivity index (χ1n) is 14.5. The number of hydrogen-bond donors (Lipinski definition) is 1. The zero-order valence-corrected chi connectivity index (χ0v) is 25.6. The SMILES string of the molecule is CCc1cccc(C)c1-n1c(C)cc([C@@H]2[C@@H](c3ccccn3)NC(=S)N2c2ccc(Oc3ccc(C)cc3)cc2)c1C. The van der Waals surface area contributed by atoms with E-state index in [2.05, 4.69) is 104 Å². The van der Waals surface area contributed by atoms with Crippen LogP contribution < -0.4 is 15.0 Å². The number of thiocarbonyl (C=S) groups is 1. The normalized spacial score (nSPS) is 16.5. The minimum Gasteiger partial charge on any atom is -0.457 e. The molecule has 0 aliphatic carbocycles. The van der Waals surface area contributed by atoms with Crippen molar-refractivity contribution in [3.8, 4) is 17.2 Å². The van der Waals surface area contributed by atoms with E-state index >= 15 is 0 Å². The molecule has 0 amide bonds. The largest absolute Gasteiger partial charge is 0.457 e. The van der Waals surface area contributed by atoms with Gasteiger partial charge in [0.2, 0.25) is 0 Å². The van der Waals surface area contributed by atoms with Gasteiger partial charge in [-0.3, -0.25) is 4.98 Å². The minimum atomic E-state index is -0.112. The van der Waals surface area contributed by atoms with Crippen molar-refractivity contribution in [3.05, 3.63) is 137 Å². The number of ether oxygens (including phenoxy) is 1. The van der Waals surface area contributed by atoms with Crippen LogP contribution in [0.25, 0.3) is 5.69 Å². The number of aromatic nitrogens is 2. The summed E-state index contributed by atoms with van der Waals surface area (Å²) in [5.74, 6) is 1.60. The quantitative estimate of drug-likeness (QED) is 0.198. The van der Waals surface area contributed by atoms with Crippen LogP contribution >= 0.6 is 12.2 Å². The van der Waals surface area contributed by atoms with Crippen molar-refractivity contribution in [2.75, 3.05) is 4.90 Å². The first-order chi connectivity index (χ1) is 20.4. The smallest absolute Gasteiger partial charge is 0.174 e. The standard InChI is InChI=1S/C36H36N4OS/c1-6-27-11-9-10-24(3)34(27)39-25(4)22-31(26(39)5)35-33(32-12-7-8-21-37-32)38-36(42)40(35)28-15-19-30(20-16-28)41-29-17-13-23(2)14-18-29/h7-22,33,35H,6H2,1-5H3,(H,38,42)/t33-,35-/m1/s1. The summed E-state index contributed by atoms with van der Waals surface area (Å²) in [5.41, 5.74) is 10.7. The molecule has 6 heteroatoms. The number of rotatable bonds is 7. The molecule has 5 aromatic rings. The Bertz CT molecular complexity index is 1730. The fourth-order valence-corrected chi connectivity index (χ4v) is 6.47. The summed E-state index contributed by atoms with van der Waals surface area (Å²) >= 11 is 6.01. The molecule has 2 atom stereocenters. The van der Waals surface area contributed by atoms with E-state index in [1.807, 2.05) is 42.6 Å². The van der Waals surface area contributed by atoms with E-state index < -0.39 is 0 Å². The first-order valence-corrected chi connectivity index (χ1v) is 14.9. The van der Waals surface area contributed by atoms with Crippen LogP contribution in [0.5, 0.6) is 11.5 Å². The first kappa shape index (κ1) is 27.7. The molecule has 6 rings (SSSR count). The van der Waals surface area contributed by atoms with Gasteiger partial charge in [-0.15, -0.1) is 0 Å². The highest BCUT2D eigenvalue weighted by Crippen LogP contribution is 2.44. The summed E-state index contributed by atoms with van der Waals surface area (Å²) < 4.78 is 8.53. The fraction of sp³-hybridized carbons (Fsp3) is 0.222. The van der Waals surface area contributed by atoms with Gasteiger partial charge in [0.05, 0.1) is 23.5 Å². The van der Waals surface area contributed by atoms with Crippen molar-refractivity contribution in [1.82, 2.24) is 14.9 Å². The van der Waals surface area contributed by atoms with Crippen molar-refractivity contribution >= 4 is 23.0 Å². The van der Waals surface area contributed by atoms with Gasteiger partial charge in [0.15, 0.2) is 5.11 Å². The van der Waals surface area contributed by atoms with Gasteiger partial charge in [0.1, 0.15) is 11.5 Å². The Morgan fingerprint density at radius 2 is 1.57 bits per heavy atom. The van der Waals surface area contributed by atoms with Crippen LogP contribution in [0.4, 0.5) is 5.69 Å². The Labute approximate surface area is 253 Å². The molecule has 3 aromatic carbocycles. The van der Waals surface area contributed by atoms with Crippen LogP contribution in [-0.4, -0.2) is 14.7 Å². The topological polar surface area (TPSA) is 42.3 Å². The molecule has 0 radical (unpaired) electrons. The lowest BCUT2D eigenvalue weighted by Gasteiger charge is -2.28. The van der Waals surface area contributed by atoms with Gasteiger partial charge in [-0.05, 0) is 118 Å². The predicted molar refractivity (Wildman–Crippen MR) is 175 cm³/mol. The second-order valence-electron chi connectivity index (χ2n) is 11.0. The summed E-state index contributed by atoms with van der Waals surface area (Å²) in [6.07, 6.45) is 2.82. The molecule has 0 saturated carbocycles. The van der Waals surface area contributed by atoms with Gasteiger partial charge in [0, 0.05) is 23.3 Å². The highest BCUT2D eigenvalue weighted by atomic mass is 32.1. The van der Waals surface area contributed by atoms with Crippen molar-refractivity contribution in [2.24, 2.45) is 0 Å². The number of nitrogens with one attached hydrogen (secondary N) is 1. The van der Waals surface area contributed by atoms with Gasteiger partial charge in [0.25, 0.3) is 0 Å². The van der Waals surface area contributed by atoms with Crippen LogP contribution in [0.1, 0.15) is 58.3 Å². The van der Waals surface area contributed by atoms with Crippen LogP contribution in [0.3, 0.4) is 0 Å². The van der Waals surface area contributed by atoms with E-state index in [9.17, 15) is 0 Å². The second-order valence-corrected chi connectivity index (χ2v) is 11.4. The van der Waals surface area contributed by atoms with Gasteiger partial charge >= 0.3 is 0 Å². The molecular weight excluding hydrogens is 536 g/mol. The molecule has 0 bridgehead atoms. The maximum Gasteiger partial charge on any atom is 0.174 e. The Hall–Kier alpha value is -4.42. The number of hydrogen-bond acceptors (Lipinski definition) is 3. The fourth-order valence-electron chi connectivity index (χ4n) is 6.12. The van der Waals surface area contributed by atoms with Crippen molar-refractivity contribution < 1.29 is 4.74 Å². The van der Waals surface area contributed by atoms with Gasteiger partial charge in [-0.2, -0.15) is 0 Å². The Balaban J connectivity index is 1.43. The third kappa shape index (κ3) is 5.07. The van der Waals surface area contributed by atoms with Gasteiger partial charge in [-0.1, -0.05) is 48.9 Å². The Morgan fingerprint density at radius 3 is 2.24 bits per heavy atom. The zero-order chi connectivity index (χ0) is 29.4. The molecule has 0 spiro atoms. The van der Waals surface area contributed by atoms with E-state index in [1.165, 1.54) is 39.3 Å². The van der Waals surface area contributed by atoms with E-state index in [-0.39, 0.29) is 12.1 Å². The van der Waals surface area contributed by atoms with Crippen LogP contribution in [0.2, 0.25) is 0 Å². The van der Waals surface area contributed by atoms with E-state index in [4.69, 9.17) is 21.9 Å². The molecule has 2 aromatic heterocycles. The molecule has 3 heterocycles. The Kier molecular flexibility index (Phi) is 7.56. The number of benzene rings is 3. The van der Waals surface area contributed by atoms with Crippen LogP contribution in [0, 0.1) is 27.7 Å². The number of para-hydroxylation sites is 1. The average Bonchev–Trinajstić information content (AvgIpc) is 3.49. The van der Waals surface area contributed by atoms with E-state index in [0.717, 1.165) is 29.3 Å². The summed E-state index contributed by atoms with van der Waals surface area (Å²) in [7, 11) is 0. The molecule has 5 nitrogen and oxygen atoms in total. The zero-order valence-electron chi connectivity index (χ0n) is 24.8. The van der Waals surface area contributed by atoms with E-state index in [1.54, 1.807) is 0 Å². The molecule has 212 valence electrons. The van der Waals surface area contributed by atoms with Gasteiger partial charge in [-0.25, -0.2) is 0 Å². The highest BCUT2D eigenvalue weighted by Gasteiger charge is 2.42. The minimum absolute atomic E-state index is 0.0923. The number of nitrogens with zero attached hydrogens (tertiary/aromatic N) is 3. The van der Waals surface area contributed by atoms with Crippen molar-refractivity contribution in [1.29, 1.82) is 0 Å². The monoisotopic (exact) mass is 572 g/mol. The molecule has 1 aliphatic heterocycles. The maximum absolute atomic E-state index is 6.12. The van der Waals surface area contributed by atoms with Crippen molar-refractivity contribution in [3.63, 3.8) is 0 Å². The van der Waals surface area contributed by atoms with Gasteiger partial charge < -0.3 is 19.5 Å². The van der Waals surface area contributed by atoms with Crippen molar-refractivity contribution in [2.45, 2.75) is 53.1 Å². The number of pyridine rings is 1. The molecular formula is C36H36N4OS. The molecule has 0 unspecified atom stereocenters. The third-order valence-electron chi connectivity index (χ3n) is 8.18. The molecule has 1 aliphatic rings. The lowest BCUT2D eigenvalue weighted by atomic mass is 9.96. The van der Waals surface area contributed by atoms with E-state index in [0.29, 0.717) is 5.11 Å². The second kappa shape index (κ2) is 11.5. The van der Waals surface area contributed by atoms with Crippen LogP contribution in [-0.2, 0) is 6.42 Å². The summed E-state index contributed by atoms with van der Waals surface area (Å²) in [6.45, 7) is 10.9. The molecule has 1 N–H and O–H groups in total. The lowest BCUT2D eigenvalue weighted by Crippen LogP contribution is -2.29. The predicted octanol–water partition coefficient (Wildman–Crippen LogP) is 8.64. The number of anilines is 1.